The number of ketones is 1. The van der Waals surface area contributed by atoms with E-state index >= 15 is 0 Å². The van der Waals surface area contributed by atoms with Crippen molar-refractivity contribution in [3.8, 4) is 17.2 Å². The predicted octanol–water partition coefficient (Wildman–Crippen LogP) is 2.29. The number of methoxy groups -OCH3 is 2. The molecule has 0 aliphatic carbocycles. The Labute approximate surface area is 105 Å². The van der Waals surface area contributed by atoms with Crippen LogP contribution in [-0.2, 0) is 4.79 Å². The number of carbonyl (C=O) groups is 1. The standard InChI is InChI=1S/C13H16O5/c1-4-8(14)5-10(15)13-11(16)6-9(17-2)7-12(13)18-3/h5-7,15-16H,4H2,1-3H3/b10-5-. The molecule has 0 saturated heterocycles. The SMILES string of the molecule is CCC(=O)/C=C(\O)c1c(O)cc(OC)cc1OC. The third-order valence-corrected chi connectivity index (χ3v) is 2.41. The lowest BCUT2D eigenvalue weighted by molar-refractivity contribution is -0.114. The molecule has 98 valence electrons. The molecule has 0 radical (unpaired) electrons. The summed E-state index contributed by atoms with van der Waals surface area (Å²) in [4.78, 5) is 11.2. The molecule has 5 nitrogen and oxygen atoms in total. The van der Waals surface area contributed by atoms with Crippen LogP contribution in [0.1, 0.15) is 18.9 Å². The number of benzene rings is 1. The normalized spacial score (nSPS) is 11.2. The van der Waals surface area contributed by atoms with E-state index in [1.165, 1.54) is 26.4 Å². The van der Waals surface area contributed by atoms with Crippen molar-refractivity contribution in [2.75, 3.05) is 14.2 Å². The molecule has 1 aromatic rings. The van der Waals surface area contributed by atoms with Gasteiger partial charge in [0.15, 0.2) is 5.78 Å². The fraction of sp³-hybridized carbons (Fsp3) is 0.308. The van der Waals surface area contributed by atoms with Crippen LogP contribution in [0, 0.1) is 0 Å². The highest BCUT2D eigenvalue weighted by atomic mass is 16.5. The van der Waals surface area contributed by atoms with Crippen molar-refractivity contribution in [1.82, 2.24) is 0 Å². The Morgan fingerprint density at radius 2 is 2.00 bits per heavy atom. The number of aliphatic hydroxyl groups excluding tert-OH is 1. The maximum absolute atomic E-state index is 11.2. The van der Waals surface area contributed by atoms with E-state index in [1.54, 1.807) is 6.92 Å². The van der Waals surface area contributed by atoms with Crippen molar-refractivity contribution in [3.63, 3.8) is 0 Å². The van der Waals surface area contributed by atoms with Crippen molar-refractivity contribution in [3.05, 3.63) is 23.8 Å². The van der Waals surface area contributed by atoms with Gasteiger partial charge in [-0.2, -0.15) is 0 Å². The van der Waals surface area contributed by atoms with E-state index in [-0.39, 0.29) is 35.0 Å². The molecule has 0 amide bonds. The lowest BCUT2D eigenvalue weighted by Gasteiger charge is -2.11. The number of aromatic hydroxyl groups is 1. The van der Waals surface area contributed by atoms with Crippen LogP contribution in [0.4, 0.5) is 0 Å². The molecule has 0 bridgehead atoms. The molecule has 1 rings (SSSR count). The number of hydrogen-bond donors (Lipinski definition) is 2. The molecule has 0 aromatic heterocycles. The molecule has 0 fully saturated rings. The zero-order chi connectivity index (χ0) is 13.7. The Morgan fingerprint density at radius 1 is 1.33 bits per heavy atom. The van der Waals surface area contributed by atoms with E-state index in [9.17, 15) is 15.0 Å². The highest BCUT2D eigenvalue weighted by Gasteiger charge is 2.16. The number of phenolic OH excluding ortho intramolecular Hbond substituents is 1. The van der Waals surface area contributed by atoms with E-state index in [1.807, 2.05) is 0 Å². The molecule has 2 N–H and O–H groups in total. The van der Waals surface area contributed by atoms with Gasteiger partial charge in [-0.05, 0) is 0 Å². The number of ether oxygens (including phenoxy) is 2. The second-order valence-electron chi connectivity index (χ2n) is 3.57. The van der Waals surface area contributed by atoms with Crippen molar-refractivity contribution in [2.24, 2.45) is 0 Å². The van der Waals surface area contributed by atoms with Crippen molar-refractivity contribution in [2.45, 2.75) is 13.3 Å². The monoisotopic (exact) mass is 252 g/mol. The van der Waals surface area contributed by atoms with Gasteiger partial charge in [-0.25, -0.2) is 0 Å². The van der Waals surface area contributed by atoms with Crippen LogP contribution in [-0.4, -0.2) is 30.2 Å². The van der Waals surface area contributed by atoms with Gasteiger partial charge >= 0.3 is 0 Å². The van der Waals surface area contributed by atoms with Gasteiger partial charge < -0.3 is 19.7 Å². The highest BCUT2D eigenvalue weighted by Crippen LogP contribution is 2.37. The molecule has 0 aliphatic heterocycles. The van der Waals surface area contributed by atoms with Gasteiger partial charge in [-0.3, -0.25) is 4.79 Å². The molecule has 0 heterocycles. The summed E-state index contributed by atoms with van der Waals surface area (Å²) in [7, 11) is 2.84. The summed E-state index contributed by atoms with van der Waals surface area (Å²) in [6.45, 7) is 1.68. The van der Waals surface area contributed by atoms with E-state index in [0.717, 1.165) is 6.08 Å². The maximum Gasteiger partial charge on any atom is 0.159 e. The van der Waals surface area contributed by atoms with E-state index in [4.69, 9.17) is 9.47 Å². The van der Waals surface area contributed by atoms with E-state index in [0.29, 0.717) is 5.75 Å². The van der Waals surface area contributed by atoms with Crippen LogP contribution in [0.5, 0.6) is 17.2 Å². The largest absolute Gasteiger partial charge is 0.507 e. The first-order chi connectivity index (χ1) is 8.53. The molecule has 0 saturated carbocycles. The molecular formula is C13H16O5. The van der Waals surface area contributed by atoms with Gasteiger partial charge in [0.2, 0.25) is 0 Å². The average Bonchev–Trinajstić information content (AvgIpc) is 2.36. The third-order valence-electron chi connectivity index (χ3n) is 2.41. The van der Waals surface area contributed by atoms with Gasteiger partial charge in [0.05, 0.1) is 14.2 Å². The van der Waals surface area contributed by atoms with Gasteiger partial charge in [0, 0.05) is 24.6 Å². The summed E-state index contributed by atoms with van der Waals surface area (Å²) in [5.74, 6) is -0.181. The van der Waals surface area contributed by atoms with Crippen LogP contribution in [0.15, 0.2) is 18.2 Å². The van der Waals surface area contributed by atoms with Gasteiger partial charge in [0.25, 0.3) is 0 Å². The number of allylic oxidation sites excluding steroid dienone is 1. The number of hydrogen-bond acceptors (Lipinski definition) is 5. The Morgan fingerprint density at radius 3 is 2.50 bits per heavy atom. The number of rotatable bonds is 5. The van der Waals surface area contributed by atoms with Crippen LogP contribution in [0.2, 0.25) is 0 Å². The number of phenols is 1. The van der Waals surface area contributed by atoms with Crippen molar-refractivity contribution >= 4 is 11.5 Å². The summed E-state index contributed by atoms with van der Waals surface area (Å²) >= 11 is 0. The minimum atomic E-state index is -0.334. The molecule has 5 heteroatoms. The summed E-state index contributed by atoms with van der Waals surface area (Å²) in [6.07, 6.45) is 1.33. The van der Waals surface area contributed by atoms with Crippen molar-refractivity contribution in [1.29, 1.82) is 0 Å². The van der Waals surface area contributed by atoms with E-state index < -0.39 is 0 Å². The highest BCUT2D eigenvalue weighted by molar-refractivity contribution is 5.96. The lowest BCUT2D eigenvalue weighted by Crippen LogP contribution is -1.97. The average molecular weight is 252 g/mol. The van der Waals surface area contributed by atoms with Crippen LogP contribution < -0.4 is 9.47 Å². The Kier molecular flexibility index (Phi) is 4.59. The Hall–Kier alpha value is -2.17. The van der Waals surface area contributed by atoms with Crippen LogP contribution >= 0.6 is 0 Å². The van der Waals surface area contributed by atoms with Crippen molar-refractivity contribution < 1.29 is 24.5 Å². The fourth-order valence-corrected chi connectivity index (χ4v) is 1.44. The van der Waals surface area contributed by atoms with Gasteiger partial charge in [-0.15, -0.1) is 0 Å². The van der Waals surface area contributed by atoms with E-state index in [2.05, 4.69) is 0 Å². The first kappa shape index (κ1) is 13.9. The Balaban J connectivity index is 3.31. The maximum atomic E-state index is 11.2. The second kappa shape index (κ2) is 5.95. The minimum Gasteiger partial charge on any atom is -0.507 e. The molecule has 1 aromatic carbocycles. The minimum absolute atomic E-state index is 0.0695. The first-order valence-electron chi connectivity index (χ1n) is 5.42. The summed E-state index contributed by atoms with van der Waals surface area (Å²) in [6, 6.07) is 2.84. The van der Waals surface area contributed by atoms with Gasteiger partial charge in [0.1, 0.15) is 28.6 Å². The van der Waals surface area contributed by atoms with Crippen LogP contribution in [0.3, 0.4) is 0 Å². The molecule has 18 heavy (non-hydrogen) atoms. The molecular weight excluding hydrogens is 236 g/mol. The smallest absolute Gasteiger partial charge is 0.159 e. The topological polar surface area (TPSA) is 76.0 Å². The first-order valence-corrected chi connectivity index (χ1v) is 5.42. The fourth-order valence-electron chi connectivity index (χ4n) is 1.44. The second-order valence-corrected chi connectivity index (χ2v) is 3.57. The molecule has 0 unspecified atom stereocenters. The quantitative estimate of drug-likeness (QED) is 0.621. The zero-order valence-corrected chi connectivity index (χ0v) is 10.6. The lowest BCUT2D eigenvalue weighted by atomic mass is 10.1. The molecule has 0 spiro atoms. The third kappa shape index (κ3) is 2.94. The van der Waals surface area contributed by atoms with Gasteiger partial charge in [-0.1, -0.05) is 6.92 Å². The predicted molar refractivity (Wildman–Crippen MR) is 67.1 cm³/mol. The molecule has 0 aliphatic rings. The Bertz CT molecular complexity index is 477. The summed E-state index contributed by atoms with van der Waals surface area (Å²) < 4.78 is 10.0. The molecule has 0 atom stereocenters. The summed E-state index contributed by atoms with van der Waals surface area (Å²) in [5, 5.41) is 19.7. The number of carbonyl (C=O) groups excluding carboxylic acids is 1. The summed E-state index contributed by atoms with van der Waals surface area (Å²) in [5.41, 5.74) is 0.0695. The number of aliphatic hydroxyl groups is 1. The zero-order valence-electron chi connectivity index (χ0n) is 10.6. The van der Waals surface area contributed by atoms with Crippen LogP contribution in [0.25, 0.3) is 5.76 Å².